The normalized spacial score (nSPS) is 14.7. The second-order valence-electron chi connectivity index (χ2n) is 8.83. The second kappa shape index (κ2) is 14.2. The fourth-order valence-electron chi connectivity index (χ4n) is 3.93. The molecule has 11 heteroatoms. The van der Waals surface area contributed by atoms with E-state index < -0.39 is 11.9 Å². The van der Waals surface area contributed by atoms with Crippen LogP contribution in [0.25, 0.3) is 6.08 Å². The Labute approximate surface area is 247 Å². The average molecular weight is 591 g/mol. The highest BCUT2D eigenvalue weighted by atomic mass is 32.2. The Balaban J connectivity index is 1.64. The fraction of sp³-hybridized carbons (Fsp3) is 0.226. The van der Waals surface area contributed by atoms with Crippen molar-refractivity contribution >= 4 is 46.5 Å². The van der Waals surface area contributed by atoms with E-state index in [1.807, 2.05) is 6.92 Å². The maximum Gasteiger partial charge on any atom is 0.344 e. The van der Waals surface area contributed by atoms with Crippen molar-refractivity contribution in [1.82, 2.24) is 4.90 Å². The molecule has 42 heavy (non-hydrogen) atoms. The highest BCUT2D eigenvalue weighted by molar-refractivity contribution is 8.18. The Bertz CT molecular complexity index is 1500. The number of aromatic carboxylic acids is 1. The van der Waals surface area contributed by atoms with Crippen molar-refractivity contribution in [2.24, 2.45) is 4.99 Å². The van der Waals surface area contributed by atoms with E-state index in [2.05, 4.69) is 0 Å². The molecule has 3 aromatic carbocycles. The number of carbonyl (C=O) groups is 3. The third kappa shape index (κ3) is 7.70. The third-order valence-corrected chi connectivity index (χ3v) is 6.95. The molecular formula is C31H30N2O8S. The summed E-state index contributed by atoms with van der Waals surface area (Å²) in [5.74, 6) is -0.273. The first-order valence-electron chi connectivity index (χ1n) is 13.1. The highest BCUT2D eigenvalue weighted by Gasteiger charge is 2.33. The summed E-state index contributed by atoms with van der Waals surface area (Å²) in [6.45, 7) is 4.12. The molecule has 1 aliphatic rings. The van der Waals surface area contributed by atoms with E-state index in [1.54, 1.807) is 79.6 Å². The van der Waals surface area contributed by atoms with E-state index in [9.17, 15) is 19.5 Å². The molecule has 0 aromatic heterocycles. The van der Waals surface area contributed by atoms with Gasteiger partial charge in [-0.3, -0.25) is 9.69 Å². The van der Waals surface area contributed by atoms with Gasteiger partial charge in [-0.25, -0.2) is 14.6 Å². The summed E-state index contributed by atoms with van der Waals surface area (Å²) in [4.78, 5) is 43.4. The van der Waals surface area contributed by atoms with Crippen molar-refractivity contribution in [3.8, 4) is 17.2 Å². The molecule has 0 atom stereocenters. The van der Waals surface area contributed by atoms with Gasteiger partial charge in [0.15, 0.2) is 23.3 Å². The minimum Gasteiger partial charge on any atom is -0.497 e. The number of thioether (sulfide) groups is 1. The van der Waals surface area contributed by atoms with Gasteiger partial charge in [0.05, 0.1) is 43.0 Å². The molecule has 0 aliphatic carbocycles. The molecule has 3 aromatic rings. The lowest BCUT2D eigenvalue weighted by atomic mass is 10.1. The standard InChI is InChI=1S/C31H30N2O8S/c1-4-39-26-16-21(8-15-25(26)41-19-28(34)40-5-2)17-27-29(35)33(18-20-6-9-22(10-7-20)30(36)37)31(42-27)32-23-11-13-24(38-3)14-12-23/h6-17H,4-5,18-19H2,1-3H3,(H,36,37)/b27-17-,32-31?. The lowest BCUT2D eigenvalue weighted by Gasteiger charge is -2.16. The minimum atomic E-state index is -1.02. The number of nitrogens with zero attached hydrogens (tertiary/aromatic N) is 2. The summed E-state index contributed by atoms with van der Waals surface area (Å²) < 4.78 is 21.5. The van der Waals surface area contributed by atoms with E-state index in [1.165, 1.54) is 23.9 Å². The van der Waals surface area contributed by atoms with E-state index in [4.69, 9.17) is 23.9 Å². The number of ether oxygens (including phenoxy) is 4. The van der Waals surface area contributed by atoms with Crippen molar-refractivity contribution in [3.63, 3.8) is 0 Å². The second-order valence-corrected chi connectivity index (χ2v) is 9.84. The largest absolute Gasteiger partial charge is 0.497 e. The third-order valence-electron chi connectivity index (χ3n) is 5.94. The molecule has 4 rings (SSSR count). The number of benzene rings is 3. The van der Waals surface area contributed by atoms with E-state index in [0.29, 0.717) is 45.2 Å². The van der Waals surface area contributed by atoms with Crippen molar-refractivity contribution < 1.29 is 38.4 Å². The number of amides is 1. The van der Waals surface area contributed by atoms with Crippen LogP contribution in [0.5, 0.6) is 17.2 Å². The molecule has 10 nitrogen and oxygen atoms in total. The maximum absolute atomic E-state index is 13.6. The Morgan fingerprint density at radius 3 is 2.33 bits per heavy atom. The van der Waals surface area contributed by atoms with Gasteiger partial charge in [-0.15, -0.1) is 0 Å². The highest BCUT2D eigenvalue weighted by Crippen LogP contribution is 2.37. The molecule has 1 fully saturated rings. The summed E-state index contributed by atoms with van der Waals surface area (Å²) >= 11 is 1.23. The molecule has 0 bridgehead atoms. The van der Waals surface area contributed by atoms with Crippen LogP contribution in [0.4, 0.5) is 5.69 Å². The van der Waals surface area contributed by atoms with Crippen molar-refractivity contribution in [2.75, 3.05) is 26.9 Å². The van der Waals surface area contributed by atoms with Crippen LogP contribution in [-0.2, 0) is 20.9 Å². The molecule has 1 heterocycles. The van der Waals surface area contributed by atoms with Gasteiger partial charge in [0.25, 0.3) is 5.91 Å². The van der Waals surface area contributed by atoms with Gasteiger partial charge in [-0.1, -0.05) is 18.2 Å². The van der Waals surface area contributed by atoms with Crippen LogP contribution in [0.15, 0.2) is 76.6 Å². The smallest absolute Gasteiger partial charge is 0.344 e. The quantitative estimate of drug-likeness (QED) is 0.214. The lowest BCUT2D eigenvalue weighted by molar-refractivity contribution is -0.145. The fourth-order valence-corrected chi connectivity index (χ4v) is 4.92. The maximum atomic E-state index is 13.6. The lowest BCUT2D eigenvalue weighted by Crippen LogP contribution is -2.28. The van der Waals surface area contributed by atoms with E-state index >= 15 is 0 Å². The zero-order valence-corrected chi connectivity index (χ0v) is 24.2. The number of esters is 1. The number of hydrogen-bond donors (Lipinski definition) is 1. The molecule has 1 N–H and O–H groups in total. The number of amidine groups is 1. The number of carboxylic acids is 1. The summed E-state index contributed by atoms with van der Waals surface area (Å²) in [6, 6.07) is 18.7. The van der Waals surface area contributed by atoms with Gasteiger partial charge in [-0.2, -0.15) is 0 Å². The summed E-state index contributed by atoms with van der Waals surface area (Å²) in [5, 5.41) is 9.70. The predicted molar refractivity (Wildman–Crippen MR) is 159 cm³/mol. The number of aliphatic imine (C=N–C) groups is 1. The van der Waals surface area contributed by atoms with Crippen molar-refractivity contribution in [2.45, 2.75) is 20.4 Å². The Hall–Kier alpha value is -4.77. The van der Waals surface area contributed by atoms with E-state index in [0.717, 1.165) is 5.56 Å². The van der Waals surface area contributed by atoms with Crippen molar-refractivity contribution in [1.29, 1.82) is 0 Å². The first kappa shape index (κ1) is 30.2. The van der Waals surface area contributed by atoms with Crippen LogP contribution in [-0.4, -0.2) is 60.0 Å². The minimum absolute atomic E-state index is 0.161. The van der Waals surface area contributed by atoms with Gasteiger partial charge < -0.3 is 24.1 Å². The first-order chi connectivity index (χ1) is 20.3. The molecule has 0 unspecified atom stereocenters. The topological polar surface area (TPSA) is 124 Å². The first-order valence-corrected chi connectivity index (χ1v) is 13.9. The summed E-state index contributed by atoms with van der Waals surface area (Å²) in [6.07, 6.45) is 1.74. The number of carbonyl (C=O) groups excluding carboxylic acids is 2. The van der Waals surface area contributed by atoms with Crippen molar-refractivity contribution in [3.05, 3.63) is 88.3 Å². The van der Waals surface area contributed by atoms with Gasteiger partial charge in [0, 0.05) is 0 Å². The Morgan fingerprint density at radius 2 is 1.69 bits per heavy atom. The molecule has 1 saturated heterocycles. The number of methoxy groups -OCH3 is 1. The predicted octanol–water partition coefficient (Wildman–Crippen LogP) is 5.54. The molecular weight excluding hydrogens is 560 g/mol. The van der Waals surface area contributed by atoms with Crippen LogP contribution in [0, 0.1) is 0 Å². The van der Waals surface area contributed by atoms with Crippen LogP contribution < -0.4 is 14.2 Å². The summed E-state index contributed by atoms with van der Waals surface area (Å²) in [7, 11) is 1.58. The van der Waals surface area contributed by atoms with E-state index in [-0.39, 0.29) is 31.2 Å². The number of carboxylic acid groups (broad SMARTS) is 1. The molecule has 0 saturated carbocycles. The van der Waals surface area contributed by atoms with Crippen LogP contribution in [0.2, 0.25) is 0 Å². The summed E-state index contributed by atoms with van der Waals surface area (Å²) in [5.41, 5.74) is 2.24. The molecule has 218 valence electrons. The Kier molecular flexibility index (Phi) is 10.2. The molecule has 1 aliphatic heterocycles. The zero-order chi connectivity index (χ0) is 30.1. The van der Waals surface area contributed by atoms with Crippen LogP contribution >= 0.6 is 11.8 Å². The molecule has 0 radical (unpaired) electrons. The zero-order valence-electron chi connectivity index (χ0n) is 23.4. The average Bonchev–Trinajstić information content (AvgIpc) is 3.26. The monoisotopic (exact) mass is 590 g/mol. The van der Waals surface area contributed by atoms with Crippen LogP contribution in [0.1, 0.15) is 35.3 Å². The molecule has 1 amide bonds. The SMILES string of the molecule is CCOC(=O)COc1ccc(/C=C2\SC(=Nc3ccc(OC)cc3)N(Cc3ccc(C(=O)O)cc3)C2=O)cc1OCC. The van der Waals surface area contributed by atoms with Gasteiger partial charge >= 0.3 is 11.9 Å². The molecule has 0 spiro atoms. The van der Waals surface area contributed by atoms with Crippen LogP contribution in [0.3, 0.4) is 0 Å². The number of hydrogen-bond acceptors (Lipinski definition) is 9. The van der Waals surface area contributed by atoms with Gasteiger partial charge in [0.1, 0.15) is 5.75 Å². The number of rotatable bonds is 12. The van der Waals surface area contributed by atoms with Gasteiger partial charge in [-0.05, 0) is 91.3 Å². The Morgan fingerprint density at radius 1 is 0.952 bits per heavy atom. The van der Waals surface area contributed by atoms with Gasteiger partial charge in [0.2, 0.25) is 0 Å².